The summed E-state index contributed by atoms with van der Waals surface area (Å²) >= 11 is 0. The van der Waals surface area contributed by atoms with Crippen LogP contribution in [0.25, 0.3) is 0 Å². The second-order valence-corrected chi connectivity index (χ2v) is 2.31. The molecule has 0 fully saturated rings. The Morgan fingerprint density at radius 3 is 1.92 bits per heavy atom. The van der Waals surface area contributed by atoms with Gasteiger partial charge in [0, 0.05) is 14.1 Å². The van der Waals surface area contributed by atoms with Gasteiger partial charge >= 0.3 is 0 Å². The molecule has 0 aliphatic carbocycles. The summed E-state index contributed by atoms with van der Waals surface area (Å²) in [7, 11) is 2.90. The van der Waals surface area contributed by atoms with Crippen LogP contribution >= 0.6 is 0 Å². The lowest BCUT2D eigenvalue weighted by molar-refractivity contribution is 0.422. The third-order valence-corrected chi connectivity index (χ3v) is 1.18. The Hall–Kier alpha value is -1.33. The van der Waals surface area contributed by atoms with Gasteiger partial charge in [0.2, 0.25) is 0 Å². The normalized spacial score (nSPS) is 10.1. The second-order valence-electron chi connectivity index (χ2n) is 2.31. The van der Waals surface area contributed by atoms with E-state index in [2.05, 4.69) is 9.97 Å². The number of nitrogens with zero attached hydrogens (tertiary/aromatic N) is 3. The zero-order chi connectivity index (χ0) is 9.30. The predicted molar refractivity (Wildman–Crippen MR) is 36.2 cm³/mol. The number of hydrogen-bond donors (Lipinski definition) is 0. The lowest BCUT2D eigenvalue weighted by Crippen LogP contribution is -2.15. The van der Waals surface area contributed by atoms with Gasteiger partial charge in [0.25, 0.3) is 17.8 Å². The average Bonchev–Trinajstić information content (AvgIpc) is 1.96. The minimum absolute atomic E-state index is 0.325. The van der Waals surface area contributed by atoms with Crippen molar-refractivity contribution < 1.29 is 13.2 Å². The molecule has 0 saturated heterocycles. The molecule has 1 rings (SSSR count). The van der Waals surface area contributed by atoms with Gasteiger partial charge in [-0.2, -0.15) is 23.1 Å². The fourth-order valence-electron chi connectivity index (χ4n) is 0.652. The summed E-state index contributed by atoms with van der Waals surface area (Å²) in [6, 6.07) is 0. The predicted octanol–water partition coefficient (Wildman–Crippen LogP) is 0.960. The third-order valence-electron chi connectivity index (χ3n) is 1.18. The van der Waals surface area contributed by atoms with E-state index in [0.29, 0.717) is 0 Å². The van der Waals surface area contributed by atoms with Gasteiger partial charge < -0.3 is 4.90 Å². The molecule has 0 aliphatic heterocycles. The van der Waals surface area contributed by atoms with Crippen LogP contribution in [0, 0.1) is 17.8 Å². The van der Waals surface area contributed by atoms with Gasteiger partial charge in [0.15, 0.2) is 5.82 Å². The Morgan fingerprint density at radius 1 is 0.917 bits per heavy atom. The van der Waals surface area contributed by atoms with Crippen LogP contribution in [0.1, 0.15) is 0 Å². The number of aromatic nitrogens is 2. The van der Waals surface area contributed by atoms with Gasteiger partial charge in [0.1, 0.15) is 0 Å². The van der Waals surface area contributed by atoms with Crippen LogP contribution in [-0.2, 0) is 0 Å². The highest BCUT2D eigenvalue weighted by Gasteiger charge is 2.14. The Balaban J connectivity index is 3.23. The van der Waals surface area contributed by atoms with Crippen molar-refractivity contribution in [2.75, 3.05) is 19.0 Å². The van der Waals surface area contributed by atoms with Crippen LogP contribution < -0.4 is 4.90 Å². The van der Waals surface area contributed by atoms with E-state index in [9.17, 15) is 13.2 Å². The molecule has 12 heavy (non-hydrogen) atoms. The summed E-state index contributed by atoms with van der Waals surface area (Å²) in [5, 5.41) is 0. The van der Waals surface area contributed by atoms with Crippen molar-refractivity contribution in [2.24, 2.45) is 0 Å². The van der Waals surface area contributed by atoms with Gasteiger partial charge in [-0.1, -0.05) is 0 Å². The maximum absolute atomic E-state index is 12.7. The molecule has 6 heteroatoms. The molecule has 0 saturated carbocycles. The molecular weight excluding hydrogens is 171 g/mol. The third kappa shape index (κ3) is 1.46. The average molecular weight is 177 g/mol. The molecule has 0 aromatic carbocycles. The van der Waals surface area contributed by atoms with Crippen molar-refractivity contribution in [3.63, 3.8) is 0 Å². The van der Waals surface area contributed by atoms with Crippen molar-refractivity contribution in [3.05, 3.63) is 17.8 Å². The zero-order valence-electron chi connectivity index (χ0n) is 6.48. The summed E-state index contributed by atoms with van der Waals surface area (Å²) in [6.45, 7) is 0. The Morgan fingerprint density at radius 2 is 1.42 bits per heavy atom. The number of anilines is 1. The molecule has 0 atom stereocenters. The Labute approximate surface area is 66.9 Å². The molecule has 1 aromatic rings. The Bertz CT molecular complexity index is 300. The first kappa shape index (κ1) is 8.76. The van der Waals surface area contributed by atoms with Crippen molar-refractivity contribution >= 4 is 5.82 Å². The molecule has 0 aliphatic rings. The minimum atomic E-state index is -1.53. The van der Waals surface area contributed by atoms with Gasteiger partial charge in [-0.05, 0) is 0 Å². The van der Waals surface area contributed by atoms with E-state index in [4.69, 9.17) is 0 Å². The molecule has 0 spiro atoms. The summed E-state index contributed by atoms with van der Waals surface area (Å²) in [5.41, 5.74) is 0. The SMILES string of the molecule is CN(C)c1nc(F)c(F)nc1F. The van der Waals surface area contributed by atoms with Gasteiger partial charge in [-0.3, -0.25) is 0 Å². The second kappa shape index (κ2) is 2.96. The minimum Gasteiger partial charge on any atom is -0.359 e. The first-order chi connectivity index (χ1) is 5.52. The largest absolute Gasteiger partial charge is 0.359 e. The molecule has 1 heterocycles. The molecule has 0 unspecified atom stereocenters. The highest BCUT2D eigenvalue weighted by atomic mass is 19.2. The quantitative estimate of drug-likeness (QED) is 0.639. The van der Waals surface area contributed by atoms with E-state index in [1.165, 1.54) is 19.0 Å². The maximum atomic E-state index is 12.7. The van der Waals surface area contributed by atoms with Crippen molar-refractivity contribution in [2.45, 2.75) is 0 Å². The maximum Gasteiger partial charge on any atom is 0.271 e. The smallest absolute Gasteiger partial charge is 0.271 e. The van der Waals surface area contributed by atoms with E-state index >= 15 is 0 Å². The molecule has 66 valence electrons. The molecule has 1 aromatic heterocycles. The summed E-state index contributed by atoms with van der Waals surface area (Å²) < 4.78 is 37.3. The molecule has 0 N–H and O–H groups in total. The highest BCUT2D eigenvalue weighted by Crippen LogP contribution is 2.12. The van der Waals surface area contributed by atoms with Gasteiger partial charge in [-0.25, -0.2) is 0 Å². The first-order valence-corrected chi connectivity index (χ1v) is 3.08. The number of halogens is 3. The van der Waals surface area contributed by atoms with Crippen LogP contribution in [0.2, 0.25) is 0 Å². The van der Waals surface area contributed by atoms with E-state index < -0.39 is 17.8 Å². The van der Waals surface area contributed by atoms with Gasteiger partial charge in [0.05, 0.1) is 0 Å². The highest BCUT2D eigenvalue weighted by molar-refractivity contribution is 5.34. The van der Waals surface area contributed by atoms with Crippen LogP contribution in [0.15, 0.2) is 0 Å². The topological polar surface area (TPSA) is 29.0 Å². The fraction of sp³-hybridized carbons (Fsp3) is 0.333. The van der Waals surface area contributed by atoms with E-state index in [-0.39, 0.29) is 5.82 Å². The summed E-state index contributed by atoms with van der Waals surface area (Å²) in [5.74, 6) is -4.38. The van der Waals surface area contributed by atoms with Gasteiger partial charge in [-0.15, -0.1) is 0 Å². The van der Waals surface area contributed by atoms with Crippen molar-refractivity contribution in [3.8, 4) is 0 Å². The lowest BCUT2D eigenvalue weighted by atomic mass is 10.6. The molecule has 0 bridgehead atoms. The number of rotatable bonds is 1. The van der Waals surface area contributed by atoms with Crippen LogP contribution in [0.3, 0.4) is 0 Å². The van der Waals surface area contributed by atoms with E-state index in [0.717, 1.165) is 0 Å². The molecular formula is C6H6F3N3. The van der Waals surface area contributed by atoms with Crippen LogP contribution in [0.5, 0.6) is 0 Å². The standard InChI is InChI=1S/C6H6F3N3/c1-12(2)6-5(9)10-3(7)4(8)11-6/h1-2H3. The Kier molecular flexibility index (Phi) is 2.16. The van der Waals surface area contributed by atoms with E-state index in [1.54, 1.807) is 0 Å². The van der Waals surface area contributed by atoms with E-state index in [1.807, 2.05) is 0 Å². The zero-order valence-corrected chi connectivity index (χ0v) is 6.48. The van der Waals surface area contributed by atoms with Crippen LogP contribution in [-0.4, -0.2) is 24.1 Å². The summed E-state index contributed by atoms with van der Waals surface area (Å²) in [4.78, 5) is 6.90. The molecule has 3 nitrogen and oxygen atoms in total. The molecule has 0 radical (unpaired) electrons. The summed E-state index contributed by atoms with van der Waals surface area (Å²) in [6.07, 6.45) is 0. The van der Waals surface area contributed by atoms with Crippen LogP contribution in [0.4, 0.5) is 19.0 Å². The monoisotopic (exact) mass is 177 g/mol. The first-order valence-electron chi connectivity index (χ1n) is 3.08. The fourth-order valence-corrected chi connectivity index (χ4v) is 0.652. The lowest BCUT2D eigenvalue weighted by Gasteiger charge is -2.10. The molecule has 0 amide bonds. The number of hydrogen-bond acceptors (Lipinski definition) is 3. The van der Waals surface area contributed by atoms with Crippen molar-refractivity contribution in [1.82, 2.24) is 9.97 Å². The van der Waals surface area contributed by atoms with Crippen molar-refractivity contribution in [1.29, 1.82) is 0 Å².